The number of amides is 1. The summed E-state index contributed by atoms with van der Waals surface area (Å²) in [6.07, 6.45) is 2.15. The first kappa shape index (κ1) is 11.4. The number of carbonyl (C=O) groups excluding carboxylic acids is 1. The van der Waals surface area contributed by atoms with Gasteiger partial charge < -0.3 is 16.8 Å². The van der Waals surface area contributed by atoms with Crippen LogP contribution in [0.5, 0.6) is 0 Å². The number of hydrogen-bond donors (Lipinski definition) is 3. The number of nitrogen functional groups attached to an aromatic ring is 1. The molecule has 0 aromatic heterocycles. The van der Waals surface area contributed by atoms with Crippen LogP contribution in [-0.2, 0) is 0 Å². The quantitative estimate of drug-likeness (QED) is 0.506. The molecule has 0 heterocycles. The normalized spacial score (nSPS) is 9.93. The summed E-state index contributed by atoms with van der Waals surface area (Å²) in [4.78, 5) is 11.1. The highest BCUT2D eigenvalue weighted by Crippen LogP contribution is 2.18. The smallest absolute Gasteiger partial charge is 0.250 e. The minimum Gasteiger partial charge on any atom is -0.399 e. The molecule has 15 heavy (non-hydrogen) atoms. The van der Waals surface area contributed by atoms with E-state index in [0.29, 0.717) is 11.3 Å². The second-order valence-electron chi connectivity index (χ2n) is 3.45. The predicted octanol–water partition coefficient (Wildman–Crippen LogP) is 1.58. The van der Waals surface area contributed by atoms with E-state index in [-0.39, 0.29) is 0 Å². The number of anilines is 2. The summed E-state index contributed by atoms with van der Waals surface area (Å²) in [5.41, 5.74) is 12.7. The molecule has 4 heteroatoms. The Kier molecular flexibility index (Phi) is 3.97. The summed E-state index contributed by atoms with van der Waals surface area (Å²) in [6, 6.07) is 5.05. The summed E-state index contributed by atoms with van der Waals surface area (Å²) in [6.45, 7) is 2.93. The molecule has 1 rings (SSSR count). The SMILES string of the molecule is CCCCNc1cc(N)ccc1C(N)=O. The van der Waals surface area contributed by atoms with Crippen molar-refractivity contribution in [1.29, 1.82) is 0 Å². The number of nitrogens with one attached hydrogen (secondary N) is 1. The van der Waals surface area contributed by atoms with E-state index in [9.17, 15) is 4.79 Å². The molecule has 0 aliphatic carbocycles. The Balaban J connectivity index is 2.82. The zero-order valence-corrected chi connectivity index (χ0v) is 8.92. The average molecular weight is 207 g/mol. The van der Waals surface area contributed by atoms with Crippen molar-refractivity contribution in [2.75, 3.05) is 17.6 Å². The van der Waals surface area contributed by atoms with Crippen LogP contribution < -0.4 is 16.8 Å². The Morgan fingerprint density at radius 2 is 2.20 bits per heavy atom. The first-order chi connectivity index (χ1) is 7.15. The second kappa shape index (κ2) is 5.24. The fourth-order valence-corrected chi connectivity index (χ4v) is 1.32. The molecule has 1 aromatic carbocycles. The van der Waals surface area contributed by atoms with E-state index >= 15 is 0 Å². The van der Waals surface area contributed by atoms with Gasteiger partial charge in [-0.25, -0.2) is 0 Å². The van der Waals surface area contributed by atoms with Crippen molar-refractivity contribution in [3.63, 3.8) is 0 Å². The van der Waals surface area contributed by atoms with Gasteiger partial charge in [-0.3, -0.25) is 4.79 Å². The summed E-state index contributed by atoms with van der Waals surface area (Å²) in [5.74, 6) is -0.436. The van der Waals surface area contributed by atoms with E-state index in [4.69, 9.17) is 11.5 Å². The van der Waals surface area contributed by atoms with Crippen LogP contribution >= 0.6 is 0 Å². The largest absolute Gasteiger partial charge is 0.399 e. The third kappa shape index (κ3) is 3.16. The molecular weight excluding hydrogens is 190 g/mol. The van der Waals surface area contributed by atoms with E-state index in [2.05, 4.69) is 12.2 Å². The van der Waals surface area contributed by atoms with Gasteiger partial charge in [0, 0.05) is 17.9 Å². The Morgan fingerprint density at radius 1 is 1.47 bits per heavy atom. The number of carbonyl (C=O) groups is 1. The summed E-state index contributed by atoms with van der Waals surface area (Å²) in [7, 11) is 0. The highest BCUT2D eigenvalue weighted by Gasteiger charge is 2.07. The molecule has 0 radical (unpaired) electrons. The first-order valence-electron chi connectivity index (χ1n) is 5.08. The lowest BCUT2D eigenvalue weighted by atomic mass is 10.1. The van der Waals surface area contributed by atoms with Crippen LogP contribution in [0.1, 0.15) is 30.1 Å². The molecule has 0 aliphatic heterocycles. The number of rotatable bonds is 5. The highest BCUT2D eigenvalue weighted by atomic mass is 16.1. The molecule has 0 bridgehead atoms. The standard InChI is InChI=1S/C11H17N3O/c1-2-3-6-14-10-7-8(12)4-5-9(10)11(13)15/h4-5,7,14H,2-3,6,12H2,1H3,(H2,13,15). The van der Waals surface area contributed by atoms with Gasteiger partial charge in [0.2, 0.25) is 0 Å². The van der Waals surface area contributed by atoms with Crippen LogP contribution in [0.3, 0.4) is 0 Å². The molecule has 4 nitrogen and oxygen atoms in total. The molecule has 0 saturated carbocycles. The van der Waals surface area contributed by atoms with Gasteiger partial charge in [-0.15, -0.1) is 0 Å². The molecule has 82 valence electrons. The van der Waals surface area contributed by atoms with E-state index in [0.717, 1.165) is 25.1 Å². The minimum atomic E-state index is -0.436. The monoisotopic (exact) mass is 207 g/mol. The maximum Gasteiger partial charge on any atom is 0.250 e. The fraction of sp³-hybridized carbons (Fsp3) is 0.364. The number of hydrogen-bond acceptors (Lipinski definition) is 3. The second-order valence-corrected chi connectivity index (χ2v) is 3.45. The van der Waals surface area contributed by atoms with Crippen molar-refractivity contribution in [2.24, 2.45) is 5.73 Å². The van der Waals surface area contributed by atoms with Crippen molar-refractivity contribution in [2.45, 2.75) is 19.8 Å². The molecule has 1 amide bonds. The van der Waals surface area contributed by atoms with Crippen LogP contribution in [0, 0.1) is 0 Å². The zero-order valence-electron chi connectivity index (χ0n) is 8.92. The van der Waals surface area contributed by atoms with Crippen LogP contribution in [0.25, 0.3) is 0 Å². The summed E-state index contributed by atoms with van der Waals surface area (Å²) in [5, 5.41) is 3.16. The molecule has 0 fully saturated rings. The Hall–Kier alpha value is -1.71. The number of nitrogens with two attached hydrogens (primary N) is 2. The van der Waals surface area contributed by atoms with Crippen molar-refractivity contribution in [1.82, 2.24) is 0 Å². The van der Waals surface area contributed by atoms with Gasteiger partial charge in [-0.1, -0.05) is 13.3 Å². The highest BCUT2D eigenvalue weighted by molar-refractivity contribution is 5.99. The number of primary amides is 1. The van der Waals surface area contributed by atoms with E-state index in [1.165, 1.54) is 0 Å². The Morgan fingerprint density at radius 3 is 2.80 bits per heavy atom. The maximum absolute atomic E-state index is 11.1. The van der Waals surface area contributed by atoms with Gasteiger partial charge in [0.25, 0.3) is 5.91 Å². The van der Waals surface area contributed by atoms with Crippen molar-refractivity contribution >= 4 is 17.3 Å². The molecular formula is C11H17N3O. The first-order valence-corrected chi connectivity index (χ1v) is 5.08. The van der Waals surface area contributed by atoms with Gasteiger partial charge >= 0.3 is 0 Å². The predicted molar refractivity (Wildman–Crippen MR) is 62.8 cm³/mol. The molecule has 0 saturated heterocycles. The van der Waals surface area contributed by atoms with Crippen LogP contribution in [0.2, 0.25) is 0 Å². The van der Waals surface area contributed by atoms with Gasteiger partial charge in [0.05, 0.1) is 5.56 Å². The lowest BCUT2D eigenvalue weighted by molar-refractivity contribution is 0.100. The number of unbranched alkanes of at least 4 members (excludes halogenated alkanes) is 1. The van der Waals surface area contributed by atoms with Gasteiger partial charge in [0.15, 0.2) is 0 Å². The van der Waals surface area contributed by atoms with Crippen molar-refractivity contribution in [3.8, 4) is 0 Å². The molecule has 1 aromatic rings. The third-order valence-electron chi connectivity index (χ3n) is 2.15. The Labute approximate surface area is 89.6 Å². The molecule has 5 N–H and O–H groups in total. The van der Waals surface area contributed by atoms with Gasteiger partial charge in [0.1, 0.15) is 0 Å². The van der Waals surface area contributed by atoms with Gasteiger partial charge in [-0.2, -0.15) is 0 Å². The average Bonchev–Trinajstić information content (AvgIpc) is 2.18. The van der Waals surface area contributed by atoms with E-state index in [1.54, 1.807) is 18.2 Å². The maximum atomic E-state index is 11.1. The summed E-state index contributed by atoms with van der Waals surface area (Å²) >= 11 is 0. The van der Waals surface area contributed by atoms with Crippen LogP contribution in [-0.4, -0.2) is 12.5 Å². The molecule has 0 unspecified atom stereocenters. The lowest BCUT2D eigenvalue weighted by Gasteiger charge is -2.10. The fourth-order valence-electron chi connectivity index (χ4n) is 1.32. The topological polar surface area (TPSA) is 81.1 Å². The molecule has 0 aliphatic rings. The van der Waals surface area contributed by atoms with Gasteiger partial charge in [-0.05, 0) is 24.6 Å². The lowest BCUT2D eigenvalue weighted by Crippen LogP contribution is -2.15. The zero-order chi connectivity index (χ0) is 11.3. The minimum absolute atomic E-state index is 0.436. The Bertz CT molecular complexity index is 350. The molecule has 0 spiro atoms. The van der Waals surface area contributed by atoms with Crippen molar-refractivity contribution < 1.29 is 4.79 Å². The number of benzene rings is 1. The van der Waals surface area contributed by atoms with Crippen molar-refractivity contribution in [3.05, 3.63) is 23.8 Å². The van der Waals surface area contributed by atoms with E-state index < -0.39 is 5.91 Å². The van der Waals surface area contributed by atoms with E-state index in [1.807, 2.05) is 0 Å². The van der Waals surface area contributed by atoms with Crippen LogP contribution in [0.4, 0.5) is 11.4 Å². The van der Waals surface area contributed by atoms with Crippen LogP contribution in [0.15, 0.2) is 18.2 Å². The molecule has 0 atom stereocenters. The third-order valence-corrected chi connectivity index (χ3v) is 2.15. The summed E-state index contributed by atoms with van der Waals surface area (Å²) < 4.78 is 0.